The molecule has 3 nitrogen and oxygen atoms in total. The molecule has 0 saturated heterocycles. The summed E-state index contributed by atoms with van der Waals surface area (Å²) in [6, 6.07) is 8.54. The minimum absolute atomic E-state index is 0.0847. The number of benzene rings is 1. The largest absolute Gasteiger partial charge is 0.369 e. The third-order valence-corrected chi connectivity index (χ3v) is 2.92. The highest BCUT2D eigenvalue weighted by Crippen LogP contribution is 2.19. The van der Waals surface area contributed by atoms with Crippen molar-refractivity contribution in [2.24, 2.45) is 0 Å². The lowest BCUT2D eigenvalue weighted by atomic mass is 10.2. The molecule has 0 bridgehead atoms. The van der Waals surface area contributed by atoms with Crippen molar-refractivity contribution >= 4 is 17.3 Å². The number of anilines is 2. The van der Waals surface area contributed by atoms with Gasteiger partial charge in [0.05, 0.1) is 0 Å². The van der Waals surface area contributed by atoms with Crippen LogP contribution in [0.25, 0.3) is 0 Å². The van der Waals surface area contributed by atoms with Crippen LogP contribution in [0.5, 0.6) is 0 Å². The van der Waals surface area contributed by atoms with Gasteiger partial charge in [0.15, 0.2) is 0 Å². The predicted octanol–water partition coefficient (Wildman–Crippen LogP) is 3.66. The second-order valence-electron chi connectivity index (χ2n) is 4.72. The molecule has 1 aromatic rings. The number of nitrogens with zero attached hydrogens (tertiary/aromatic N) is 1. The summed E-state index contributed by atoms with van der Waals surface area (Å²) in [7, 11) is 0. The van der Waals surface area contributed by atoms with Crippen LogP contribution in [0, 0.1) is 0 Å². The summed E-state index contributed by atoms with van der Waals surface area (Å²) in [5, 5.41) is 2.90. The van der Waals surface area contributed by atoms with E-state index in [4.69, 9.17) is 0 Å². The molecule has 1 aromatic carbocycles. The predicted molar refractivity (Wildman–Crippen MR) is 78.1 cm³/mol. The highest BCUT2D eigenvalue weighted by Gasteiger charge is 2.08. The molecule has 1 amide bonds. The van der Waals surface area contributed by atoms with Gasteiger partial charge in [0.25, 0.3) is 0 Å². The quantitative estimate of drug-likeness (QED) is 0.833. The Morgan fingerprint density at radius 3 is 2.28 bits per heavy atom. The number of carbonyl (C=O) groups is 1. The van der Waals surface area contributed by atoms with Crippen LogP contribution in [-0.4, -0.2) is 18.5 Å². The fourth-order valence-corrected chi connectivity index (χ4v) is 2.03. The van der Waals surface area contributed by atoms with E-state index in [0.29, 0.717) is 12.5 Å². The lowest BCUT2D eigenvalue weighted by Crippen LogP contribution is -2.30. The number of hydrogen-bond acceptors (Lipinski definition) is 2. The van der Waals surface area contributed by atoms with E-state index in [9.17, 15) is 4.79 Å². The van der Waals surface area contributed by atoms with Gasteiger partial charge >= 0.3 is 0 Å². The molecule has 0 aliphatic heterocycles. The highest BCUT2D eigenvalue weighted by molar-refractivity contribution is 5.90. The third kappa shape index (κ3) is 4.06. The Balaban J connectivity index is 2.70. The summed E-state index contributed by atoms with van der Waals surface area (Å²) in [5.41, 5.74) is 2.07. The molecule has 0 aliphatic carbocycles. The Morgan fingerprint density at radius 1 is 1.22 bits per heavy atom. The molecule has 0 fully saturated rings. The molecule has 3 heteroatoms. The zero-order valence-corrected chi connectivity index (χ0v) is 11.9. The van der Waals surface area contributed by atoms with Gasteiger partial charge in [-0.25, -0.2) is 0 Å². The Hall–Kier alpha value is -1.51. The zero-order chi connectivity index (χ0) is 13.5. The molecule has 0 spiro atoms. The van der Waals surface area contributed by atoms with E-state index >= 15 is 0 Å². The van der Waals surface area contributed by atoms with Crippen molar-refractivity contribution in [2.75, 3.05) is 16.8 Å². The van der Waals surface area contributed by atoms with Gasteiger partial charge in [-0.05, 0) is 51.5 Å². The fraction of sp³-hybridized carbons (Fsp3) is 0.533. The molecule has 0 atom stereocenters. The normalized spacial score (nSPS) is 10.5. The Bertz CT molecular complexity index is 371. The van der Waals surface area contributed by atoms with Gasteiger partial charge in [-0.2, -0.15) is 0 Å². The van der Waals surface area contributed by atoms with Crippen molar-refractivity contribution < 1.29 is 4.79 Å². The van der Waals surface area contributed by atoms with Crippen LogP contribution >= 0.6 is 0 Å². The van der Waals surface area contributed by atoms with Crippen LogP contribution in [0.2, 0.25) is 0 Å². The molecule has 0 heterocycles. The molecular weight excluding hydrogens is 224 g/mol. The van der Waals surface area contributed by atoms with Crippen molar-refractivity contribution in [1.29, 1.82) is 0 Å². The summed E-state index contributed by atoms with van der Waals surface area (Å²) >= 11 is 0. The van der Waals surface area contributed by atoms with Gasteiger partial charge < -0.3 is 10.2 Å². The molecule has 1 rings (SSSR count). The van der Waals surface area contributed by atoms with E-state index in [1.54, 1.807) is 0 Å². The maximum Gasteiger partial charge on any atom is 0.224 e. The molecule has 0 aromatic heterocycles. The first-order valence-electron chi connectivity index (χ1n) is 6.75. The van der Waals surface area contributed by atoms with E-state index < -0.39 is 0 Å². The van der Waals surface area contributed by atoms with E-state index in [1.807, 2.05) is 19.1 Å². The third-order valence-electron chi connectivity index (χ3n) is 2.92. The molecule has 0 unspecified atom stereocenters. The van der Waals surface area contributed by atoms with Crippen LogP contribution in [0.3, 0.4) is 0 Å². The van der Waals surface area contributed by atoms with Gasteiger partial charge in [0.2, 0.25) is 5.91 Å². The molecular formula is C15H24N2O. The van der Waals surface area contributed by atoms with E-state index in [2.05, 4.69) is 43.1 Å². The minimum Gasteiger partial charge on any atom is -0.369 e. The van der Waals surface area contributed by atoms with Crippen LogP contribution in [0.4, 0.5) is 11.4 Å². The first-order valence-corrected chi connectivity index (χ1v) is 6.75. The first kappa shape index (κ1) is 14.6. The minimum atomic E-state index is 0.0847. The summed E-state index contributed by atoms with van der Waals surface area (Å²) < 4.78 is 0. The van der Waals surface area contributed by atoms with Gasteiger partial charge in [0, 0.05) is 30.4 Å². The van der Waals surface area contributed by atoms with Crippen molar-refractivity contribution in [3.8, 4) is 0 Å². The molecule has 0 saturated carbocycles. The summed E-state index contributed by atoms with van der Waals surface area (Å²) in [4.78, 5) is 13.8. The van der Waals surface area contributed by atoms with Gasteiger partial charge in [0.1, 0.15) is 0 Å². The smallest absolute Gasteiger partial charge is 0.224 e. The molecule has 1 N–H and O–H groups in total. The maximum absolute atomic E-state index is 11.5. The Labute approximate surface area is 110 Å². The van der Waals surface area contributed by atoms with E-state index in [0.717, 1.165) is 18.7 Å². The zero-order valence-electron chi connectivity index (χ0n) is 11.9. The fourth-order valence-electron chi connectivity index (χ4n) is 2.03. The maximum atomic E-state index is 11.5. The summed E-state index contributed by atoms with van der Waals surface area (Å²) in [6.07, 6.45) is 1.45. The molecule has 0 aliphatic rings. The lowest BCUT2D eigenvalue weighted by Gasteiger charge is -2.27. The summed E-state index contributed by atoms with van der Waals surface area (Å²) in [5.74, 6) is 0.0847. The number of carbonyl (C=O) groups excluding carboxylic acids is 1. The average Bonchev–Trinajstić information content (AvgIpc) is 2.32. The van der Waals surface area contributed by atoms with Crippen LogP contribution in [0.1, 0.15) is 40.5 Å². The van der Waals surface area contributed by atoms with Crippen molar-refractivity contribution in [3.05, 3.63) is 24.3 Å². The second kappa shape index (κ2) is 7.04. The summed E-state index contributed by atoms with van der Waals surface area (Å²) in [6.45, 7) is 9.50. The van der Waals surface area contributed by atoms with Gasteiger partial charge in [-0.1, -0.05) is 6.92 Å². The number of rotatable bonds is 6. The average molecular weight is 248 g/mol. The molecule has 18 heavy (non-hydrogen) atoms. The SMILES string of the molecule is CCCC(=O)Nc1ccc(N(CC)C(C)C)cc1. The Kier molecular flexibility index (Phi) is 5.69. The topological polar surface area (TPSA) is 32.3 Å². The van der Waals surface area contributed by atoms with Crippen LogP contribution in [-0.2, 0) is 4.79 Å². The van der Waals surface area contributed by atoms with Crippen molar-refractivity contribution in [3.63, 3.8) is 0 Å². The lowest BCUT2D eigenvalue weighted by molar-refractivity contribution is -0.116. The standard InChI is InChI=1S/C15H24N2O/c1-5-7-15(18)16-13-8-10-14(11-9-13)17(6-2)12(3)4/h8-12H,5-7H2,1-4H3,(H,16,18). The van der Waals surface area contributed by atoms with Gasteiger partial charge in [-0.3, -0.25) is 4.79 Å². The Morgan fingerprint density at radius 2 is 1.83 bits per heavy atom. The van der Waals surface area contributed by atoms with E-state index in [1.165, 1.54) is 5.69 Å². The molecule has 100 valence electrons. The van der Waals surface area contributed by atoms with Gasteiger partial charge in [-0.15, -0.1) is 0 Å². The highest BCUT2D eigenvalue weighted by atomic mass is 16.1. The number of nitrogens with one attached hydrogen (secondary N) is 1. The first-order chi connectivity index (χ1) is 8.58. The molecule has 0 radical (unpaired) electrons. The second-order valence-corrected chi connectivity index (χ2v) is 4.72. The monoisotopic (exact) mass is 248 g/mol. The number of hydrogen-bond donors (Lipinski definition) is 1. The van der Waals surface area contributed by atoms with Crippen LogP contribution in [0.15, 0.2) is 24.3 Å². The van der Waals surface area contributed by atoms with Crippen molar-refractivity contribution in [2.45, 2.75) is 46.6 Å². The van der Waals surface area contributed by atoms with Crippen molar-refractivity contribution in [1.82, 2.24) is 0 Å². The van der Waals surface area contributed by atoms with E-state index in [-0.39, 0.29) is 5.91 Å². The number of amides is 1. The van der Waals surface area contributed by atoms with Crippen LogP contribution < -0.4 is 10.2 Å².